The van der Waals surface area contributed by atoms with Crippen molar-refractivity contribution in [1.29, 1.82) is 0 Å². The zero-order valence-electron chi connectivity index (χ0n) is 10.0. The number of aliphatic imine (C=N–C) groups is 1. The molecule has 2 nitrogen and oxygen atoms in total. The molecule has 0 bridgehead atoms. The van der Waals surface area contributed by atoms with Gasteiger partial charge < -0.3 is 5.32 Å². The second kappa shape index (κ2) is 4.36. The van der Waals surface area contributed by atoms with E-state index in [9.17, 15) is 0 Å². The fourth-order valence-corrected chi connectivity index (χ4v) is 3.55. The highest BCUT2D eigenvalue weighted by molar-refractivity contribution is 8.14. The molecule has 1 aliphatic heterocycles. The van der Waals surface area contributed by atoms with Crippen molar-refractivity contribution in [3.8, 4) is 0 Å². The van der Waals surface area contributed by atoms with E-state index in [2.05, 4.69) is 26.1 Å². The van der Waals surface area contributed by atoms with Gasteiger partial charge in [0.05, 0.1) is 6.04 Å². The number of nitrogens with zero attached hydrogens (tertiary/aromatic N) is 1. The predicted molar refractivity (Wildman–Crippen MR) is 68.5 cm³/mol. The van der Waals surface area contributed by atoms with E-state index < -0.39 is 0 Å². The van der Waals surface area contributed by atoms with Gasteiger partial charge in [-0.2, -0.15) is 0 Å². The summed E-state index contributed by atoms with van der Waals surface area (Å²) in [5.74, 6) is 1.20. The third-order valence-corrected chi connectivity index (χ3v) is 4.78. The van der Waals surface area contributed by atoms with E-state index in [-0.39, 0.29) is 0 Å². The van der Waals surface area contributed by atoms with Crippen LogP contribution in [0.3, 0.4) is 0 Å². The van der Waals surface area contributed by atoms with E-state index in [4.69, 9.17) is 4.99 Å². The van der Waals surface area contributed by atoms with E-state index in [0.717, 1.165) is 0 Å². The molecular weight excluding hydrogens is 204 g/mol. The number of hydrogen-bond donors (Lipinski definition) is 1. The van der Waals surface area contributed by atoms with Gasteiger partial charge in [0.1, 0.15) is 0 Å². The van der Waals surface area contributed by atoms with Crippen molar-refractivity contribution in [3.63, 3.8) is 0 Å². The van der Waals surface area contributed by atoms with Crippen LogP contribution in [0.1, 0.15) is 46.5 Å². The summed E-state index contributed by atoms with van der Waals surface area (Å²) < 4.78 is 0. The van der Waals surface area contributed by atoms with Crippen LogP contribution in [-0.4, -0.2) is 23.0 Å². The highest BCUT2D eigenvalue weighted by Crippen LogP contribution is 2.40. The van der Waals surface area contributed by atoms with E-state index in [0.29, 0.717) is 17.5 Å². The molecule has 1 saturated heterocycles. The van der Waals surface area contributed by atoms with Crippen LogP contribution in [0.5, 0.6) is 0 Å². The SMILES string of the molecule is CCC1CSC(=NC2CCCC2(C)C)N1. The number of thioether (sulfide) groups is 1. The van der Waals surface area contributed by atoms with Gasteiger partial charge in [-0.25, -0.2) is 0 Å². The second-order valence-electron chi connectivity index (χ2n) is 5.39. The van der Waals surface area contributed by atoms with Crippen LogP contribution in [0.2, 0.25) is 0 Å². The molecule has 0 radical (unpaired) electrons. The Balaban J connectivity index is 1.99. The van der Waals surface area contributed by atoms with Gasteiger partial charge >= 0.3 is 0 Å². The van der Waals surface area contributed by atoms with Crippen LogP contribution in [0.25, 0.3) is 0 Å². The molecule has 1 aliphatic carbocycles. The molecule has 2 fully saturated rings. The summed E-state index contributed by atoms with van der Waals surface area (Å²) in [5.41, 5.74) is 0.416. The first-order valence-electron chi connectivity index (χ1n) is 6.09. The Morgan fingerprint density at radius 1 is 1.53 bits per heavy atom. The molecule has 3 heteroatoms. The summed E-state index contributed by atoms with van der Waals surface area (Å²) in [6.07, 6.45) is 5.16. The van der Waals surface area contributed by atoms with Gasteiger partial charge in [0, 0.05) is 11.8 Å². The van der Waals surface area contributed by atoms with Crippen LogP contribution in [0.15, 0.2) is 4.99 Å². The van der Waals surface area contributed by atoms with Crippen LogP contribution in [-0.2, 0) is 0 Å². The molecule has 2 rings (SSSR count). The summed E-state index contributed by atoms with van der Waals surface area (Å²) in [5, 5.41) is 4.71. The van der Waals surface area contributed by atoms with Gasteiger partial charge in [-0.05, 0) is 24.7 Å². The fourth-order valence-electron chi connectivity index (χ4n) is 2.42. The smallest absolute Gasteiger partial charge is 0.157 e. The summed E-state index contributed by atoms with van der Waals surface area (Å²) in [7, 11) is 0. The van der Waals surface area contributed by atoms with Gasteiger partial charge in [-0.15, -0.1) is 0 Å². The first-order chi connectivity index (χ1) is 7.12. The highest BCUT2D eigenvalue weighted by Gasteiger charge is 2.35. The zero-order chi connectivity index (χ0) is 10.9. The summed E-state index contributed by atoms with van der Waals surface area (Å²) in [6.45, 7) is 6.94. The molecule has 86 valence electrons. The van der Waals surface area contributed by atoms with Crippen molar-refractivity contribution in [1.82, 2.24) is 5.32 Å². The minimum Gasteiger partial charge on any atom is -0.361 e. The summed E-state index contributed by atoms with van der Waals surface area (Å²) >= 11 is 1.90. The maximum absolute atomic E-state index is 4.89. The molecule has 1 saturated carbocycles. The van der Waals surface area contributed by atoms with E-state index in [1.165, 1.54) is 36.6 Å². The molecule has 0 spiro atoms. The molecule has 0 aromatic rings. The Bertz CT molecular complexity index is 260. The first-order valence-corrected chi connectivity index (χ1v) is 7.07. The highest BCUT2D eigenvalue weighted by atomic mass is 32.2. The molecule has 2 atom stereocenters. The predicted octanol–water partition coefficient (Wildman–Crippen LogP) is 3.04. The van der Waals surface area contributed by atoms with Gasteiger partial charge in [-0.3, -0.25) is 4.99 Å². The molecule has 0 amide bonds. The maximum atomic E-state index is 4.89. The number of rotatable bonds is 2. The first kappa shape index (κ1) is 11.3. The van der Waals surface area contributed by atoms with Crippen molar-refractivity contribution in [3.05, 3.63) is 0 Å². The quantitative estimate of drug-likeness (QED) is 0.782. The maximum Gasteiger partial charge on any atom is 0.157 e. The van der Waals surface area contributed by atoms with Gasteiger partial charge in [-0.1, -0.05) is 39.0 Å². The Hall–Kier alpha value is -0.180. The van der Waals surface area contributed by atoms with Gasteiger partial charge in [0.25, 0.3) is 0 Å². The van der Waals surface area contributed by atoms with E-state index >= 15 is 0 Å². The fraction of sp³-hybridized carbons (Fsp3) is 0.917. The molecule has 2 unspecified atom stereocenters. The van der Waals surface area contributed by atoms with Crippen molar-refractivity contribution in [2.75, 3.05) is 5.75 Å². The third-order valence-electron chi connectivity index (χ3n) is 3.72. The van der Waals surface area contributed by atoms with Crippen LogP contribution in [0.4, 0.5) is 0 Å². The van der Waals surface area contributed by atoms with Crippen molar-refractivity contribution < 1.29 is 0 Å². The van der Waals surface area contributed by atoms with Crippen LogP contribution < -0.4 is 5.32 Å². The van der Waals surface area contributed by atoms with Gasteiger partial charge in [0.2, 0.25) is 0 Å². The average molecular weight is 226 g/mol. The van der Waals surface area contributed by atoms with Gasteiger partial charge in [0.15, 0.2) is 5.17 Å². The normalized spacial score (nSPS) is 37.1. The standard InChI is InChI=1S/C12H22N2S/c1-4-9-8-15-11(13-9)14-10-6-5-7-12(10,2)3/h9-10H,4-8H2,1-3H3,(H,13,14). The van der Waals surface area contributed by atoms with E-state index in [1.54, 1.807) is 0 Å². The lowest BCUT2D eigenvalue weighted by molar-refractivity contribution is 0.334. The lowest BCUT2D eigenvalue weighted by Gasteiger charge is -2.23. The van der Waals surface area contributed by atoms with Crippen LogP contribution >= 0.6 is 11.8 Å². The van der Waals surface area contributed by atoms with Crippen LogP contribution in [0, 0.1) is 5.41 Å². The Kier molecular flexibility index (Phi) is 3.29. The molecule has 1 heterocycles. The zero-order valence-corrected chi connectivity index (χ0v) is 10.9. The molecule has 0 aromatic carbocycles. The number of hydrogen-bond acceptors (Lipinski definition) is 2. The topological polar surface area (TPSA) is 24.4 Å². The largest absolute Gasteiger partial charge is 0.361 e. The lowest BCUT2D eigenvalue weighted by Crippen LogP contribution is -2.29. The Labute approximate surface area is 97.3 Å². The molecule has 0 aromatic heterocycles. The molecule has 2 aliphatic rings. The van der Waals surface area contributed by atoms with Crippen molar-refractivity contribution >= 4 is 16.9 Å². The average Bonchev–Trinajstić information content (AvgIpc) is 2.75. The molecule has 1 N–H and O–H groups in total. The lowest BCUT2D eigenvalue weighted by atomic mass is 9.88. The minimum atomic E-state index is 0.416. The Morgan fingerprint density at radius 2 is 2.33 bits per heavy atom. The minimum absolute atomic E-state index is 0.416. The monoisotopic (exact) mass is 226 g/mol. The Morgan fingerprint density at radius 3 is 2.87 bits per heavy atom. The third kappa shape index (κ3) is 2.49. The summed E-state index contributed by atoms with van der Waals surface area (Å²) in [6, 6.07) is 1.20. The summed E-state index contributed by atoms with van der Waals surface area (Å²) in [4.78, 5) is 4.89. The molecule has 15 heavy (non-hydrogen) atoms. The van der Waals surface area contributed by atoms with Crippen molar-refractivity contribution in [2.45, 2.75) is 58.5 Å². The second-order valence-corrected chi connectivity index (χ2v) is 6.40. The number of nitrogens with one attached hydrogen (secondary N) is 1. The molecular formula is C12H22N2S. The number of amidine groups is 1. The van der Waals surface area contributed by atoms with E-state index in [1.807, 2.05) is 11.8 Å². The van der Waals surface area contributed by atoms with Crippen molar-refractivity contribution in [2.24, 2.45) is 10.4 Å².